The number of aliphatic carboxylic acids is 1. The predicted molar refractivity (Wildman–Crippen MR) is 78.7 cm³/mol. The number of carbonyl (C=O) groups excluding carboxylic acids is 2. The molecule has 6 heteroatoms. The maximum Gasteiger partial charge on any atom is 0.312 e. The number of hydrogen-bond acceptors (Lipinski definition) is 3. The Morgan fingerprint density at radius 3 is 2.00 bits per heavy atom. The first-order valence-corrected chi connectivity index (χ1v) is 7.68. The summed E-state index contributed by atoms with van der Waals surface area (Å²) in [4.78, 5) is 35.7. The van der Waals surface area contributed by atoms with E-state index in [4.69, 9.17) is 0 Å². The van der Waals surface area contributed by atoms with Crippen molar-refractivity contribution in [2.45, 2.75) is 71.4 Å². The first-order chi connectivity index (χ1) is 9.87. The molecular weight excluding hydrogens is 272 g/mol. The van der Waals surface area contributed by atoms with Crippen LogP contribution in [0.2, 0.25) is 0 Å². The van der Waals surface area contributed by atoms with E-state index in [9.17, 15) is 19.5 Å². The van der Waals surface area contributed by atoms with E-state index in [1.165, 1.54) is 6.92 Å². The number of nitrogens with one attached hydrogen (secondary N) is 2. The lowest BCUT2D eigenvalue weighted by Crippen LogP contribution is -2.59. The molecule has 1 aliphatic rings. The van der Waals surface area contributed by atoms with Gasteiger partial charge in [0.25, 0.3) is 0 Å². The molecule has 1 aliphatic carbocycles. The lowest BCUT2D eigenvalue weighted by molar-refractivity contribution is -0.154. The van der Waals surface area contributed by atoms with E-state index in [-0.39, 0.29) is 17.9 Å². The maximum atomic E-state index is 12.5. The Balaban J connectivity index is 3.01. The van der Waals surface area contributed by atoms with Crippen molar-refractivity contribution in [1.29, 1.82) is 0 Å². The number of carboxylic acid groups (broad SMARTS) is 1. The van der Waals surface area contributed by atoms with E-state index in [0.717, 1.165) is 25.7 Å². The van der Waals surface area contributed by atoms with Crippen molar-refractivity contribution in [3.8, 4) is 0 Å². The fraction of sp³-hybridized carbons (Fsp3) is 0.800. The molecule has 1 fully saturated rings. The number of rotatable bonds is 7. The van der Waals surface area contributed by atoms with Gasteiger partial charge in [0.05, 0.1) is 5.41 Å². The molecule has 1 unspecified atom stereocenters. The molecular formula is C15H26N2O4. The quantitative estimate of drug-likeness (QED) is 0.662. The van der Waals surface area contributed by atoms with Gasteiger partial charge in [0, 0.05) is 13.0 Å². The summed E-state index contributed by atoms with van der Waals surface area (Å²) in [5.41, 5.74) is -1.18. The summed E-state index contributed by atoms with van der Waals surface area (Å²) >= 11 is 0. The third kappa shape index (κ3) is 3.95. The molecule has 1 saturated carbocycles. The molecule has 1 rings (SSSR count). The SMILES string of the molecule is CCC(CC)NC(=O)C(NC(C)=O)C1(C(=O)O)CCCC1. The fourth-order valence-electron chi connectivity index (χ4n) is 3.07. The third-order valence-corrected chi connectivity index (χ3v) is 4.42. The monoisotopic (exact) mass is 298 g/mol. The zero-order chi connectivity index (χ0) is 16.0. The lowest BCUT2D eigenvalue weighted by atomic mass is 9.77. The lowest BCUT2D eigenvalue weighted by Gasteiger charge is -2.34. The predicted octanol–water partition coefficient (Wildman–Crippen LogP) is 1.44. The topological polar surface area (TPSA) is 95.5 Å². The van der Waals surface area contributed by atoms with E-state index in [0.29, 0.717) is 12.8 Å². The molecule has 3 N–H and O–H groups in total. The minimum absolute atomic E-state index is 0.000932. The standard InChI is InChI=1S/C15H26N2O4/c1-4-11(5-2)17-13(19)12(16-10(3)18)15(14(20)21)8-6-7-9-15/h11-12H,4-9H2,1-3H3,(H,16,18)(H,17,19)(H,20,21). The van der Waals surface area contributed by atoms with Crippen molar-refractivity contribution < 1.29 is 19.5 Å². The summed E-state index contributed by atoms with van der Waals surface area (Å²) < 4.78 is 0. The zero-order valence-electron chi connectivity index (χ0n) is 13.1. The molecule has 0 bridgehead atoms. The second-order valence-electron chi connectivity index (χ2n) is 5.82. The van der Waals surface area contributed by atoms with E-state index in [2.05, 4.69) is 10.6 Å². The summed E-state index contributed by atoms with van der Waals surface area (Å²) in [6.45, 7) is 5.23. The average molecular weight is 298 g/mol. The minimum atomic E-state index is -1.18. The van der Waals surface area contributed by atoms with Crippen LogP contribution in [0.15, 0.2) is 0 Å². The Kier molecular flexibility index (Phi) is 6.18. The van der Waals surface area contributed by atoms with Crippen LogP contribution >= 0.6 is 0 Å². The first-order valence-electron chi connectivity index (χ1n) is 7.68. The van der Waals surface area contributed by atoms with Crippen LogP contribution in [0.1, 0.15) is 59.3 Å². The molecule has 0 aliphatic heterocycles. The van der Waals surface area contributed by atoms with E-state index >= 15 is 0 Å². The molecule has 1 atom stereocenters. The molecule has 0 aromatic heterocycles. The van der Waals surface area contributed by atoms with E-state index in [1.807, 2.05) is 13.8 Å². The smallest absolute Gasteiger partial charge is 0.312 e. The summed E-state index contributed by atoms with van der Waals surface area (Å²) in [6, 6.07) is -1.00. The van der Waals surface area contributed by atoms with E-state index in [1.54, 1.807) is 0 Å². The second kappa shape index (κ2) is 7.43. The van der Waals surface area contributed by atoms with Crippen molar-refractivity contribution in [2.24, 2.45) is 5.41 Å². The van der Waals surface area contributed by atoms with E-state index < -0.39 is 17.4 Å². The van der Waals surface area contributed by atoms with Crippen LogP contribution < -0.4 is 10.6 Å². The molecule has 2 amide bonds. The Labute approximate surface area is 125 Å². The molecule has 0 aromatic rings. The summed E-state index contributed by atoms with van der Waals surface area (Å²) in [6.07, 6.45) is 3.92. The number of hydrogen-bond donors (Lipinski definition) is 3. The Morgan fingerprint density at radius 1 is 1.10 bits per heavy atom. The van der Waals surface area contributed by atoms with Crippen molar-refractivity contribution in [1.82, 2.24) is 10.6 Å². The van der Waals surface area contributed by atoms with Gasteiger partial charge in [-0.25, -0.2) is 0 Å². The second-order valence-corrected chi connectivity index (χ2v) is 5.82. The average Bonchev–Trinajstić information content (AvgIpc) is 2.92. The Morgan fingerprint density at radius 2 is 1.62 bits per heavy atom. The van der Waals surface area contributed by atoms with Crippen molar-refractivity contribution in [2.75, 3.05) is 0 Å². The van der Waals surface area contributed by atoms with Gasteiger partial charge in [-0.2, -0.15) is 0 Å². The van der Waals surface area contributed by atoms with Gasteiger partial charge < -0.3 is 15.7 Å². The Hall–Kier alpha value is -1.59. The van der Waals surface area contributed by atoms with Crippen molar-refractivity contribution >= 4 is 17.8 Å². The summed E-state index contributed by atoms with van der Waals surface area (Å²) in [7, 11) is 0. The molecule has 21 heavy (non-hydrogen) atoms. The highest BCUT2D eigenvalue weighted by Gasteiger charge is 2.51. The van der Waals surface area contributed by atoms with Crippen LogP contribution in [0.5, 0.6) is 0 Å². The first kappa shape index (κ1) is 17.5. The highest BCUT2D eigenvalue weighted by Crippen LogP contribution is 2.41. The molecule has 0 heterocycles. The highest BCUT2D eigenvalue weighted by molar-refractivity contribution is 5.93. The van der Waals surface area contributed by atoms with Crippen molar-refractivity contribution in [3.63, 3.8) is 0 Å². The third-order valence-electron chi connectivity index (χ3n) is 4.42. The zero-order valence-corrected chi connectivity index (χ0v) is 13.1. The van der Waals surface area contributed by atoms with Crippen molar-refractivity contribution in [3.05, 3.63) is 0 Å². The van der Waals surface area contributed by atoms with Gasteiger partial charge in [-0.05, 0) is 25.7 Å². The Bertz CT molecular complexity index is 398. The van der Waals surface area contributed by atoms with Gasteiger partial charge in [-0.3, -0.25) is 14.4 Å². The summed E-state index contributed by atoms with van der Waals surface area (Å²) in [5.74, 6) is -1.77. The highest BCUT2D eigenvalue weighted by atomic mass is 16.4. The molecule has 120 valence electrons. The molecule has 0 radical (unpaired) electrons. The molecule has 0 saturated heterocycles. The number of carboxylic acids is 1. The minimum Gasteiger partial charge on any atom is -0.481 e. The number of carbonyl (C=O) groups is 3. The van der Waals surface area contributed by atoms with Gasteiger partial charge in [0.15, 0.2) is 0 Å². The van der Waals surface area contributed by atoms with Gasteiger partial charge in [-0.1, -0.05) is 26.7 Å². The van der Waals surface area contributed by atoms with Crippen LogP contribution in [0, 0.1) is 5.41 Å². The van der Waals surface area contributed by atoms with Gasteiger partial charge in [0.1, 0.15) is 6.04 Å². The maximum absolute atomic E-state index is 12.5. The normalized spacial score (nSPS) is 18.3. The van der Waals surface area contributed by atoms with Gasteiger partial charge in [0.2, 0.25) is 11.8 Å². The molecule has 0 aromatic carbocycles. The fourth-order valence-corrected chi connectivity index (χ4v) is 3.07. The van der Waals surface area contributed by atoms with Gasteiger partial charge in [-0.15, -0.1) is 0 Å². The van der Waals surface area contributed by atoms with Crippen LogP contribution in [0.3, 0.4) is 0 Å². The molecule has 0 spiro atoms. The van der Waals surface area contributed by atoms with Crippen LogP contribution in [0.25, 0.3) is 0 Å². The van der Waals surface area contributed by atoms with Crippen LogP contribution in [-0.2, 0) is 14.4 Å². The largest absolute Gasteiger partial charge is 0.481 e. The summed E-state index contributed by atoms with van der Waals surface area (Å²) in [5, 5.41) is 15.0. The van der Waals surface area contributed by atoms with Crippen LogP contribution in [0.4, 0.5) is 0 Å². The molecule has 6 nitrogen and oxygen atoms in total. The van der Waals surface area contributed by atoms with Crippen LogP contribution in [-0.4, -0.2) is 35.0 Å². The number of amides is 2. The van der Waals surface area contributed by atoms with Gasteiger partial charge >= 0.3 is 5.97 Å².